The summed E-state index contributed by atoms with van der Waals surface area (Å²) in [7, 11) is 1.80. The number of carbonyl (C=O) groups excluding carboxylic acids is 1. The van der Waals surface area contributed by atoms with Crippen molar-refractivity contribution in [1.82, 2.24) is 24.7 Å². The highest BCUT2D eigenvalue weighted by Crippen LogP contribution is 2.29. The van der Waals surface area contributed by atoms with Crippen LogP contribution in [0.25, 0.3) is 22.3 Å². The summed E-state index contributed by atoms with van der Waals surface area (Å²) in [6, 6.07) is 11.8. The molecule has 0 unspecified atom stereocenters. The first-order valence-corrected chi connectivity index (χ1v) is 10.2. The molecule has 1 aromatic carbocycles. The number of benzene rings is 1. The van der Waals surface area contributed by atoms with E-state index in [9.17, 15) is 10.1 Å². The average molecular weight is 406 g/mol. The van der Waals surface area contributed by atoms with Gasteiger partial charge in [0.25, 0.3) is 0 Å². The molecule has 28 heavy (non-hydrogen) atoms. The molecule has 0 bridgehead atoms. The molecular formula is C19H14N6OS2. The first-order valence-electron chi connectivity index (χ1n) is 8.36. The molecule has 0 aliphatic carbocycles. The number of fused-ring (bicyclic) bond motifs is 1. The molecule has 4 rings (SSSR count). The van der Waals surface area contributed by atoms with Gasteiger partial charge in [-0.3, -0.25) is 9.48 Å². The average Bonchev–Trinajstić information content (AvgIpc) is 3.36. The lowest BCUT2D eigenvalue weighted by Gasteiger charge is -2.05. The van der Waals surface area contributed by atoms with Gasteiger partial charge in [-0.05, 0) is 0 Å². The fraction of sp³-hybridized carbons (Fsp3) is 0.158. The topological polar surface area (TPSA) is 97.3 Å². The first-order chi connectivity index (χ1) is 13.7. The Morgan fingerprint density at radius 3 is 2.93 bits per heavy atom. The highest BCUT2D eigenvalue weighted by molar-refractivity contribution is 8.00. The third kappa shape index (κ3) is 3.52. The normalized spacial score (nSPS) is 12.0. The summed E-state index contributed by atoms with van der Waals surface area (Å²) >= 11 is 2.61. The van der Waals surface area contributed by atoms with Gasteiger partial charge in [0.05, 0.1) is 29.1 Å². The van der Waals surface area contributed by atoms with Crippen LogP contribution in [0.1, 0.15) is 10.9 Å². The van der Waals surface area contributed by atoms with E-state index in [2.05, 4.69) is 26.1 Å². The zero-order valence-corrected chi connectivity index (χ0v) is 16.4. The Hall–Kier alpha value is -3.09. The fourth-order valence-corrected chi connectivity index (χ4v) is 4.46. The summed E-state index contributed by atoms with van der Waals surface area (Å²) < 4.78 is 1.65. The lowest BCUT2D eigenvalue weighted by atomic mass is 10.1. The Morgan fingerprint density at radius 2 is 2.14 bits per heavy atom. The van der Waals surface area contributed by atoms with Gasteiger partial charge in [0.15, 0.2) is 17.3 Å². The number of carbonyl (C=O) groups is 1. The maximum atomic E-state index is 12.7. The number of hydrogen-bond donors (Lipinski definition) is 0. The zero-order valence-electron chi connectivity index (χ0n) is 14.8. The summed E-state index contributed by atoms with van der Waals surface area (Å²) in [4.78, 5) is 25.6. The van der Waals surface area contributed by atoms with Crippen molar-refractivity contribution in [2.75, 3.05) is 5.75 Å². The SMILES string of the molecule is Cn1ncc2c(SCC(=O)[C@@H](C#N)c3nc(-c4ccccc4)cs3)ncnc21. The smallest absolute Gasteiger partial charge is 0.167 e. The van der Waals surface area contributed by atoms with E-state index in [0.717, 1.165) is 16.6 Å². The molecule has 3 heterocycles. The van der Waals surface area contributed by atoms with E-state index in [1.54, 1.807) is 17.9 Å². The van der Waals surface area contributed by atoms with E-state index < -0.39 is 5.92 Å². The van der Waals surface area contributed by atoms with Crippen molar-refractivity contribution in [3.05, 3.63) is 53.2 Å². The van der Waals surface area contributed by atoms with Crippen LogP contribution in [0.15, 0.2) is 53.3 Å². The third-order valence-electron chi connectivity index (χ3n) is 4.13. The first kappa shape index (κ1) is 18.3. The fourth-order valence-electron chi connectivity index (χ4n) is 2.71. The molecule has 7 nitrogen and oxygen atoms in total. The quantitative estimate of drug-likeness (QED) is 0.357. The van der Waals surface area contributed by atoms with E-state index in [1.165, 1.54) is 29.4 Å². The minimum Gasteiger partial charge on any atom is -0.297 e. The number of ketones is 1. The molecule has 138 valence electrons. The van der Waals surface area contributed by atoms with Crippen molar-refractivity contribution in [1.29, 1.82) is 5.26 Å². The number of aromatic nitrogens is 5. The highest BCUT2D eigenvalue weighted by Gasteiger charge is 2.24. The molecule has 1 atom stereocenters. The monoisotopic (exact) mass is 406 g/mol. The standard InChI is InChI=1S/C19H14N6OS2/c1-25-17-14(8-23-25)18(22-11-21-17)28-10-16(26)13(7-20)19-24-15(9-27-19)12-5-3-2-4-6-12/h2-6,8-9,11,13H,10H2,1H3/t13-/m1/s1. The lowest BCUT2D eigenvalue weighted by molar-refractivity contribution is -0.116. The van der Waals surface area contributed by atoms with Gasteiger partial charge in [0, 0.05) is 18.0 Å². The third-order valence-corrected chi connectivity index (χ3v) is 6.07. The number of nitrogens with zero attached hydrogens (tertiary/aromatic N) is 6. The summed E-state index contributed by atoms with van der Waals surface area (Å²) in [6.07, 6.45) is 3.13. The Balaban J connectivity index is 1.50. The largest absolute Gasteiger partial charge is 0.297 e. The Morgan fingerprint density at radius 1 is 1.32 bits per heavy atom. The van der Waals surface area contributed by atoms with Gasteiger partial charge in [0.1, 0.15) is 16.4 Å². The van der Waals surface area contributed by atoms with Crippen LogP contribution >= 0.6 is 23.1 Å². The van der Waals surface area contributed by atoms with Crippen LogP contribution in [0.2, 0.25) is 0 Å². The van der Waals surface area contributed by atoms with Gasteiger partial charge < -0.3 is 0 Å². The van der Waals surface area contributed by atoms with Crippen LogP contribution in [0.3, 0.4) is 0 Å². The Labute approximate surface area is 169 Å². The number of thiazole rings is 1. The Kier molecular flexibility index (Phi) is 5.14. The van der Waals surface area contributed by atoms with E-state index >= 15 is 0 Å². The van der Waals surface area contributed by atoms with Crippen LogP contribution in [-0.2, 0) is 11.8 Å². The minimum absolute atomic E-state index is 0.124. The number of rotatable bonds is 6. The second kappa shape index (κ2) is 7.88. The van der Waals surface area contributed by atoms with Crippen molar-refractivity contribution >= 4 is 39.9 Å². The predicted molar refractivity (Wildman–Crippen MR) is 108 cm³/mol. The number of nitriles is 1. The molecule has 0 radical (unpaired) electrons. The van der Waals surface area contributed by atoms with Crippen LogP contribution < -0.4 is 0 Å². The molecule has 0 spiro atoms. The van der Waals surface area contributed by atoms with Crippen molar-refractivity contribution in [3.63, 3.8) is 0 Å². The zero-order chi connectivity index (χ0) is 19.5. The van der Waals surface area contributed by atoms with Crippen LogP contribution in [-0.4, -0.2) is 36.3 Å². The number of Topliss-reactive ketones (excluding diaryl/α,β-unsaturated/α-hetero) is 1. The van der Waals surface area contributed by atoms with Crippen LogP contribution in [0.4, 0.5) is 0 Å². The minimum atomic E-state index is -0.888. The molecule has 0 saturated heterocycles. The molecule has 0 aliphatic rings. The second-order valence-electron chi connectivity index (χ2n) is 5.94. The number of thioether (sulfide) groups is 1. The van der Waals surface area contributed by atoms with E-state index in [4.69, 9.17) is 0 Å². The molecule has 0 fully saturated rings. The molecular weight excluding hydrogens is 392 g/mol. The summed E-state index contributed by atoms with van der Waals surface area (Å²) in [5.74, 6) is -0.960. The molecule has 3 aromatic heterocycles. The molecule has 4 aromatic rings. The van der Waals surface area contributed by atoms with Gasteiger partial charge in [-0.15, -0.1) is 11.3 Å². The molecule has 0 aliphatic heterocycles. The molecule has 0 saturated carbocycles. The van der Waals surface area contributed by atoms with Crippen molar-refractivity contribution in [2.45, 2.75) is 10.9 Å². The van der Waals surface area contributed by atoms with E-state index in [0.29, 0.717) is 15.7 Å². The maximum absolute atomic E-state index is 12.7. The predicted octanol–water partition coefficient (Wildman–Crippen LogP) is 3.46. The summed E-state index contributed by atoms with van der Waals surface area (Å²) in [6.45, 7) is 0. The highest BCUT2D eigenvalue weighted by atomic mass is 32.2. The van der Waals surface area contributed by atoms with Crippen molar-refractivity contribution in [2.24, 2.45) is 7.05 Å². The summed E-state index contributed by atoms with van der Waals surface area (Å²) in [5, 5.41) is 17.6. The van der Waals surface area contributed by atoms with Gasteiger partial charge in [0.2, 0.25) is 0 Å². The van der Waals surface area contributed by atoms with Crippen molar-refractivity contribution < 1.29 is 4.79 Å². The number of hydrogen-bond acceptors (Lipinski definition) is 8. The van der Waals surface area contributed by atoms with Gasteiger partial charge in [-0.25, -0.2) is 15.0 Å². The van der Waals surface area contributed by atoms with Gasteiger partial charge in [-0.2, -0.15) is 10.4 Å². The maximum Gasteiger partial charge on any atom is 0.167 e. The molecule has 9 heteroatoms. The molecule has 0 N–H and O–H groups in total. The number of aryl methyl sites for hydroxylation is 1. The van der Waals surface area contributed by atoms with E-state index in [-0.39, 0.29) is 11.5 Å². The lowest BCUT2D eigenvalue weighted by Crippen LogP contribution is -2.13. The molecule has 0 amide bonds. The Bertz CT molecular complexity index is 1180. The van der Waals surface area contributed by atoms with Gasteiger partial charge >= 0.3 is 0 Å². The second-order valence-corrected chi connectivity index (χ2v) is 7.79. The van der Waals surface area contributed by atoms with Crippen molar-refractivity contribution in [3.8, 4) is 17.3 Å². The van der Waals surface area contributed by atoms with Gasteiger partial charge in [-0.1, -0.05) is 42.1 Å². The van der Waals surface area contributed by atoms with E-state index in [1.807, 2.05) is 35.7 Å². The summed E-state index contributed by atoms with van der Waals surface area (Å²) in [5.41, 5.74) is 2.44. The van der Waals surface area contributed by atoms with Crippen LogP contribution in [0.5, 0.6) is 0 Å². The van der Waals surface area contributed by atoms with Crippen LogP contribution in [0, 0.1) is 11.3 Å².